The number of carbonyl (C=O) groups excluding carboxylic acids is 1. The van der Waals surface area contributed by atoms with E-state index in [1.54, 1.807) is 12.3 Å². The molecule has 0 spiro atoms. The summed E-state index contributed by atoms with van der Waals surface area (Å²) >= 11 is 1.11. The Morgan fingerprint density at radius 3 is 3.00 bits per heavy atom. The van der Waals surface area contributed by atoms with Crippen molar-refractivity contribution in [1.82, 2.24) is 10.2 Å². The minimum absolute atomic E-state index is 0.00397. The highest BCUT2D eigenvalue weighted by molar-refractivity contribution is 7.93. The third-order valence-electron chi connectivity index (χ3n) is 2.17. The first kappa shape index (κ1) is 13.6. The second-order valence-electron chi connectivity index (χ2n) is 3.42. The van der Waals surface area contributed by atoms with Gasteiger partial charge in [-0.3, -0.25) is 9.82 Å². The fraction of sp³-hybridized carbons (Fsp3) is 0.200. The van der Waals surface area contributed by atoms with Gasteiger partial charge in [0.05, 0.1) is 18.4 Å². The number of rotatable bonds is 5. The van der Waals surface area contributed by atoms with Crippen molar-refractivity contribution in [2.75, 3.05) is 11.3 Å². The van der Waals surface area contributed by atoms with E-state index in [9.17, 15) is 13.2 Å². The van der Waals surface area contributed by atoms with Crippen molar-refractivity contribution in [2.24, 2.45) is 0 Å². The maximum Gasteiger partial charge on any atom is 0.341 e. The van der Waals surface area contributed by atoms with Crippen LogP contribution >= 0.6 is 11.3 Å². The number of ether oxygens (including phenoxy) is 1. The first-order valence-corrected chi connectivity index (χ1v) is 7.67. The molecule has 2 aromatic rings. The molecule has 0 saturated carbocycles. The number of hydrogen-bond acceptors (Lipinski definition) is 6. The van der Waals surface area contributed by atoms with Gasteiger partial charge in [-0.05, 0) is 18.4 Å². The number of aromatic nitrogens is 2. The maximum atomic E-state index is 12.0. The lowest BCUT2D eigenvalue weighted by Crippen LogP contribution is -2.14. The van der Waals surface area contributed by atoms with Crippen molar-refractivity contribution < 1.29 is 17.9 Å². The number of thiophene rings is 1. The van der Waals surface area contributed by atoms with E-state index in [-0.39, 0.29) is 22.1 Å². The van der Waals surface area contributed by atoms with Crippen LogP contribution in [0.3, 0.4) is 0 Å². The van der Waals surface area contributed by atoms with E-state index in [4.69, 9.17) is 4.74 Å². The van der Waals surface area contributed by atoms with Crippen molar-refractivity contribution >= 4 is 32.3 Å². The predicted molar refractivity (Wildman–Crippen MR) is 69.7 cm³/mol. The predicted octanol–water partition coefficient (Wildman–Crippen LogP) is 1.45. The Balaban J connectivity index is 2.26. The fourth-order valence-electron chi connectivity index (χ4n) is 1.32. The SMILES string of the molecule is CCOC(=O)c1ccsc1NS(=O)(=O)c1cn[nH]c1. The Hall–Kier alpha value is -1.87. The smallest absolute Gasteiger partial charge is 0.341 e. The monoisotopic (exact) mass is 301 g/mol. The normalized spacial score (nSPS) is 11.2. The first-order valence-electron chi connectivity index (χ1n) is 5.31. The molecule has 0 amide bonds. The van der Waals surface area contributed by atoms with Gasteiger partial charge in [-0.25, -0.2) is 13.2 Å². The van der Waals surface area contributed by atoms with Crippen LogP contribution < -0.4 is 4.72 Å². The van der Waals surface area contributed by atoms with Gasteiger partial charge < -0.3 is 4.74 Å². The van der Waals surface area contributed by atoms with Gasteiger partial charge in [0, 0.05) is 6.20 Å². The minimum Gasteiger partial charge on any atom is -0.462 e. The van der Waals surface area contributed by atoms with Gasteiger partial charge in [-0.2, -0.15) is 5.10 Å². The summed E-state index contributed by atoms with van der Waals surface area (Å²) in [6.07, 6.45) is 2.43. The van der Waals surface area contributed by atoms with E-state index in [2.05, 4.69) is 14.9 Å². The van der Waals surface area contributed by atoms with E-state index in [1.807, 2.05) is 0 Å². The summed E-state index contributed by atoms with van der Waals surface area (Å²) in [7, 11) is -3.75. The summed E-state index contributed by atoms with van der Waals surface area (Å²) in [6, 6.07) is 1.51. The van der Waals surface area contributed by atoms with Crippen LogP contribution in [0.4, 0.5) is 5.00 Å². The highest BCUT2D eigenvalue weighted by Crippen LogP contribution is 2.26. The second-order valence-corrected chi connectivity index (χ2v) is 6.02. The van der Waals surface area contributed by atoms with Crippen LogP contribution in [0.15, 0.2) is 28.7 Å². The first-order chi connectivity index (χ1) is 9.04. The number of anilines is 1. The number of sulfonamides is 1. The summed E-state index contributed by atoms with van der Waals surface area (Å²) in [5.74, 6) is -0.561. The van der Waals surface area contributed by atoms with Crippen molar-refractivity contribution in [3.63, 3.8) is 0 Å². The van der Waals surface area contributed by atoms with Gasteiger partial charge in [0.1, 0.15) is 9.90 Å². The molecule has 0 unspecified atom stereocenters. The number of H-pyrrole nitrogens is 1. The van der Waals surface area contributed by atoms with E-state index < -0.39 is 16.0 Å². The summed E-state index contributed by atoms with van der Waals surface area (Å²) in [4.78, 5) is 11.6. The number of hydrogen-bond donors (Lipinski definition) is 2. The van der Waals surface area contributed by atoms with Gasteiger partial charge in [0.2, 0.25) is 0 Å². The van der Waals surface area contributed by atoms with Gasteiger partial charge >= 0.3 is 5.97 Å². The number of esters is 1. The lowest BCUT2D eigenvalue weighted by molar-refractivity contribution is 0.0528. The molecule has 0 saturated heterocycles. The molecule has 0 aromatic carbocycles. The van der Waals surface area contributed by atoms with E-state index in [0.29, 0.717) is 0 Å². The van der Waals surface area contributed by atoms with E-state index >= 15 is 0 Å². The Labute approximate surface area is 113 Å². The molecule has 2 aromatic heterocycles. The molecule has 0 atom stereocenters. The molecule has 9 heteroatoms. The van der Waals surface area contributed by atoms with Crippen LogP contribution in [0.1, 0.15) is 17.3 Å². The topological polar surface area (TPSA) is 101 Å². The Kier molecular flexibility index (Phi) is 3.86. The van der Waals surface area contributed by atoms with Crippen molar-refractivity contribution in [3.8, 4) is 0 Å². The third kappa shape index (κ3) is 2.93. The van der Waals surface area contributed by atoms with Gasteiger partial charge in [0.15, 0.2) is 0 Å². The van der Waals surface area contributed by atoms with Gasteiger partial charge in [-0.15, -0.1) is 11.3 Å². The number of aromatic amines is 1. The molecular weight excluding hydrogens is 290 g/mol. The summed E-state index contributed by atoms with van der Waals surface area (Å²) in [5, 5.41) is 7.82. The molecular formula is C10H11N3O4S2. The summed E-state index contributed by atoms with van der Waals surface area (Å²) in [5.41, 5.74) is 0.193. The van der Waals surface area contributed by atoms with Crippen LogP contribution in [-0.2, 0) is 14.8 Å². The number of nitrogens with zero attached hydrogens (tertiary/aromatic N) is 1. The molecule has 2 N–H and O–H groups in total. The standard InChI is InChI=1S/C10H11N3O4S2/c1-2-17-10(14)8-3-4-18-9(8)13-19(15,16)7-5-11-12-6-7/h3-6,13H,2H2,1H3,(H,11,12). The zero-order chi connectivity index (χ0) is 13.9. The average Bonchev–Trinajstić information content (AvgIpc) is 2.98. The Morgan fingerprint density at radius 2 is 2.37 bits per heavy atom. The molecule has 0 fully saturated rings. The van der Waals surface area contributed by atoms with Crippen LogP contribution in [-0.4, -0.2) is 31.2 Å². The van der Waals surface area contributed by atoms with Crippen molar-refractivity contribution in [3.05, 3.63) is 29.4 Å². The zero-order valence-corrected chi connectivity index (χ0v) is 11.5. The summed E-state index contributed by atoms with van der Waals surface area (Å²) < 4.78 is 31.1. The quantitative estimate of drug-likeness (QED) is 0.814. The Morgan fingerprint density at radius 1 is 1.58 bits per heavy atom. The lowest BCUT2D eigenvalue weighted by Gasteiger charge is -2.06. The molecule has 7 nitrogen and oxygen atoms in total. The fourth-order valence-corrected chi connectivity index (χ4v) is 3.34. The van der Waals surface area contributed by atoms with Crippen LogP contribution in [0.2, 0.25) is 0 Å². The second kappa shape index (κ2) is 5.41. The van der Waals surface area contributed by atoms with E-state index in [1.165, 1.54) is 18.5 Å². The zero-order valence-electron chi connectivity index (χ0n) is 9.91. The maximum absolute atomic E-state index is 12.0. The van der Waals surface area contributed by atoms with Crippen molar-refractivity contribution in [2.45, 2.75) is 11.8 Å². The molecule has 0 radical (unpaired) electrons. The molecule has 0 aliphatic heterocycles. The molecule has 2 rings (SSSR count). The molecule has 0 bridgehead atoms. The largest absolute Gasteiger partial charge is 0.462 e. The third-order valence-corrected chi connectivity index (χ3v) is 4.45. The highest BCUT2D eigenvalue weighted by atomic mass is 32.2. The molecule has 102 valence electrons. The molecule has 0 aliphatic carbocycles. The van der Waals surface area contributed by atoms with Gasteiger partial charge in [0.25, 0.3) is 10.0 Å². The van der Waals surface area contributed by atoms with Crippen LogP contribution in [0.5, 0.6) is 0 Å². The van der Waals surface area contributed by atoms with E-state index in [0.717, 1.165) is 11.3 Å². The van der Waals surface area contributed by atoms with Crippen LogP contribution in [0, 0.1) is 0 Å². The molecule has 2 heterocycles. The Bertz CT molecular complexity index is 661. The highest BCUT2D eigenvalue weighted by Gasteiger charge is 2.21. The molecule has 19 heavy (non-hydrogen) atoms. The number of carbonyl (C=O) groups is 1. The average molecular weight is 301 g/mol. The summed E-state index contributed by atoms with van der Waals surface area (Å²) in [6.45, 7) is 1.90. The number of nitrogens with one attached hydrogen (secondary N) is 2. The van der Waals surface area contributed by atoms with Crippen LogP contribution in [0.25, 0.3) is 0 Å². The minimum atomic E-state index is -3.75. The van der Waals surface area contributed by atoms with Crippen molar-refractivity contribution in [1.29, 1.82) is 0 Å². The molecule has 0 aliphatic rings. The van der Waals surface area contributed by atoms with Gasteiger partial charge in [-0.1, -0.05) is 0 Å². The lowest BCUT2D eigenvalue weighted by atomic mass is 10.3.